The Bertz CT molecular complexity index is 317. The lowest BCUT2D eigenvalue weighted by atomic mass is 9.77. The van der Waals surface area contributed by atoms with Crippen LogP contribution in [0.3, 0.4) is 0 Å². The molecule has 0 N–H and O–H groups in total. The third-order valence-electron chi connectivity index (χ3n) is 4.89. The predicted octanol–water partition coefficient (Wildman–Crippen LogP) is 4.78. The summed E-state index contributed by atoms with van der Waals surface area (Å²) < 4.78 is 5.90. The van der Waals surface area contributed by atoms with E-state index in [1.165, 1.54) is 51.4 Å². The first-order valence-electron chi connectivity index (χ1n) is 8.00. The second-order valence-corrected chi connectivity index (χ2v) is 6.60. The smallest absolute Gasteiger partial charge is 0.333 e. The van der Waals surface area contributed by atoms with Crippen molar-refractivity contribution in [1.82, 2.24) is 0 Å². The van der Waals surface area contributed by atoms with Gasteiger partial charge >= 0.3 is 5.97 Å². The zero-order valence-electron chi connectivity index (χ0n) is 12.4. The van der Waals surface area contributed by atoms with E-state index in [0.717, 1.165) is 25.2 Å². The minimum Gasteiger partial charge on any atom is -0.456 e. The third kappa shape index (κ3) is 4.09. The molecular formula is C17H28O2. The monoisotopic (exact) mass is 264 g/mol. The minimum atomic E-state index is -0.186. The summed E-state index contributed by atoms with van der Waals surface area (Å²) in [6.45, 7) is 5.47. The molecule has 0 aromatic rings. The number of ether oxygens (including phenoxy) is 1. The highest BCUT2D eigenvalue weighted by Crippen LogP contribution is 2.39. The van der Waals surface area contributed by atoms with E-state index in [-0.39, 0.29) is 11.6 Å². The first-order chi connectivity index (χ1) is 9.11. The Kier molecular flexibility index (Phi) is 5.06. The molecule has 0 aliphatic heterocycles. The van der Waals surface area contributed by atoms with Crippen molar-refractivity contribution in [3.8, 4) is 0 Å². The van der Waals surface area contributed by atoms with E-state index < -0.39 is 0 Å². The summed E-state index contributed by atoms with van der Waals surface area (Å²) in [5.74, 6) is 0.738. The summed E-state index contributed by atoms with van der Waals surface area (Å²) >= 11 is 0. The van der Waals surface area contributed by atoms with Crippen LogP contribution in [0.5, 0.6) is 0 Å². The van der Waals surface area contributed by atoms with Crippen molar-refractivity contribution in [2.24, 2.45) is 5.92 Å². The second-order valence-electron chi connectivity index (χ2n) is 6.60. The number of carbonyl (C=O) groups is 1. The fourth-order valence-electron chi connectivity index (χ4n) is 3.73. The summed E-state index contributed by atoms with van der Waals surface area (Å²) in [7, 11) is 0. The van der Waals surface area contributed by atoms with Crippen LogP contribution in [0.4, 0.5) is 0 Å². The maximum atomic E-state index is 11.9. The molecule has 2 nitrogen and oxygen atoms in total. The molecule has 0 saturated heterocycles. The molecule has 0 aromatic heterocycles. The molecule has 3 fully saturated rings. The summed E-state index contributed by atoms with van der Waals surface area (Å²) in [5, 5.41) is 0. The van der Waals surface area contributed by atoms with Gasteiger partial charge in [0.2, 0.25) is 0 Å². The van der Waals surface area contributed by atoms with Crippen LogP contribution in [-0.2, 0) is 9.53 Å². The van der Waals surface area contributed by atoms with Gasteiger partial charge in [-0.05, 0) is 51.4 Å². The van der Waals surface area contributed by atoms with Crippen LogP contribution in [0.1, 0.15) is 77.6 Å². The SMILES string of the molecule is C=C(C)C(=O)OC12CCCCCC(CCC1)CCC2. The number of carbonyl (C=O) groups excluding carboxylic acids is 1. The fraction of sp³-hybridized carbons (Fsp3) is 0.824. The normalized spacial score (nSPS) is 32.4. The van der Waals surface area contributed by atoms with E-state index in [0.29, 0.717) is 5.57 Å². The van der Waals surface area contributed by atoms with Crippen LogP contribution in [0.25, 0.3) is 0 Å². The second kappa shape index (κ2) is 6.58. The number of hydrogen-bond acceptors (Lipinski definition) is 2. The van der Waals surface area contributed by atoms with Gasteiger partial charge in [-0.2, -0.15) is 0 Å². The zero-order valence-corrected chi connectivity index (χ0v) is 12.4. The fourth-order valence-corrected chi connectivity index (χ4v) is 3.73. The van der Waals surface area contributed by atoms with Crippen LogP contribution < -0.4 is 0 Å². The van der Waals surface area contributed by atoms with E-state index in [4.69, 9.17) is 4.74 Å². The number of rotatable bonds is 2. The maximum Gasteiger partial charge on any atom is 0.333 e. The molecule has 0 amide bonds. The van der Waals surface area contributed by atoms with Gasteiger partial charge in [-0.15, -0.1) is 0 Å². The summed E-state index contributed by atoms with van der Waals surface area (Å²) in [5.41, 5.74) is 0.352. The maximum absolute atomic E-state index is 11.9. The number of hydrogen-bond donors (Lipinski definition) is 0. The van der Waals surface area contributed by atoms with Crippen LogP contribution in [-0.4, -0.2) is 11.6 Å². The molecule has 2 heteroatoms. The van der Waals surface area contributed by atoms with E-state index in [2.05, 4.69) is 6.58 Å². The lowest BCUT2D eigenvalue weighted by molar-refractivity contribution is -0.158. The van der Waals surface area contributed by atoms with Crippen molar-refractivity contribution in [2.75, 3.05) is 0 Å². The topological polar surface area (TPSA) is 26.3 Å². The van der Waals surface area contributed by atoms with Crippen molar-refractivity contribution < 1.29 is 9.53 Å². The largest absolute Gasteiger partial charge is 0.456 e. The predicted molar refractivity (Wildman–Crippen MR) is 77.9 cm³/mol. The Morgan fingerprint density at radius 1 is 1.00 bits per heavy atom. The standard InChI is InChI=1S/C17H28O2/c1-14(2)16(18)19-17-11-5-3-4-8-15(9-6-12-17)10-7-13-17/h15H,1,3-13H2,2H3. The molecule has 0 spiro atoms. The summed E-state index contributed by atoms with van der Waals surface area (Å²) in [6.07, 6.45) is 13.5. The van der Waals surface area contributed by atoms with Crippen LogP contribution in [0.2, 0.25) is 0 Å². The lowest BCUT2D eigenvalue weighted by Gasteiger charge is -2.37. The molecule has 19 heavy (non-hydrogen) atoms. The first kappa shape index (κ1) is 14.6. The van der Waals surface area contributed by atoms with Crippen molar-refractivity contribution in [1.29, 1.82) is 0 Å². The molecule has 2 bridgehead atoms. The Morgan fingerprint density at radius 3 is 2.21 bits per heavy atom. The van der Waals surface area contributed by atoms with Crippen molar-refractivity contribution >= 4 is 5.97 Å². The Labute approximate surface area is 117 Å². The van der Waals surface area contributed by atoms with E-state index >= 15 is 0 Å². The summed E-state index contributed by atoms with van der Waals surface area (Å²) in [6, 6.07) is 0. The van der Waals surface area contributed by atoms with Gasteiger partial charge in [0.1, 0.15) is 5.60 Å². The van der Waals surface area contributed by atoms with E-state index in [1.807, 2.05) is 0 Å². The molecule has 0 radical (unpaired) electrons. The summed E-state index contributed by atoms with van der Waals surface area (Å²) in [4.78, 5) is 11.9. The van der Waals surface area contributed by atoms with Gasteiger partial charge in [-0.25, -0.2) is 4.79 Å². The quantitative estimate of drug-likeness (QED) is 0.530. The third-order valence-corrected chi connectivity index (χ3v) is 4.89. The van der Waals surface area contributed by atoms with Gasteiger partial charge in [-0.1, -0.05) is 38.7 Å². The first-order valence-corrected chi connectivity index (χ1v) is 8.00. The van der Waals surface area contributed by atoms with Crippen LogP contribution in [0.15, 0.2) is 12.2 Å². The molecule has 3 aliphatic rings. The van der Waals surface area contributed by atoms with E-state index in [9.17, 15) is 4.79 Å². The molecule has 0 atom stereocenters. The van der Waals surface area contributed by atoms with Gasteiger partial charge in [0.25, 0.3) is 0 Å². The lowest BCUT2D eigenvalue weighted by Crippen LogP contribution is -2.37. The zero-order chi connectivity index (χ0) is 13.7. The number of fused-ring (bicyclic) bond motifs is 8. The van der Waals surface area contributed by atoms with Crippen molar-refractivity contribution in [3.05, 3.63) is 12.2 Å². The Morgan fingerprint density at radius 2 is 1.58 bits per heavy atom. The molecule has 0 aromatic carbocycles. The minimum absolute atomic E-state index is 0.182. The molecule has 3 aliphatic carbocycles. The van der Waals surface area contributed by atoms with Crippen molar-refractivity contribution in [2.45, 2.75) is 83.2 Å². The van der Waals surface area contributed by atoms with Gasteiger partial charge in [0.05, 0.1) is 0 Å². The van der Waals surface area contributed by atoms with Gasteiger partial charge in [0.15, 0.2) is 0 Å². The highest BCUT2D eigenvalue weighted by molar-refractivity contribution is 5.87. The average Bonchev–Trinajstić information content (AvgIpc) is 2.36. The average molecular weight is 264 g/mol. The van der Waals surface area contributed by atoms with Gasteiger partial charge in [0, 0.05) is 5.57 Å². The highest BCUT2D eigenvalue weighted by Gasteiger charge is 2.35. The Balaban J connectivity index is 2.09. The Hall–Kier alpha value is -0.790. The molecule has 3 rings (SSSR count). The van der Waals surface area contributed by atoms with Gasteiger partial charge < -0.3 is 4.74 Å². The highest BCUT2D eigenvalue weighted by atomic mass is 16.6. The number of esters is 1. The molecule has 0 heterocycles. The molecule has 3 saturated carbocycles. The van der Waals surface area contributed by atoms with Crippen molar-refractivity contribution in [3.63, 3.8) is 0 Å². The van der Waals surface area contributed by atoms with Gasteiger partial charge in [-0.3, -0.25) is 0 Å². The van der Waals surface area contributed by atoms with Crippen LogP contribution in [0, 0.1) is 5.92 Å². The van der Waals surface area contributed by atoms with E-state index in [1.54, 1.807) is 6.92 Å². The molecule has 0 unspecified atom stereocenters. The van der Waals surface area contributed by atoms with Crippen LogP contribution >= 0.6 is 0 Å². The molecule has 108 valence electrons. The molecular weight excluding hydrogens is 236 g/mol.